The van der Waals surface area contributed by atoms with Gasteiger partial charge in [0.05, 0.1) is 47.4 Å². The molecule has 1 atom stereocenters. The van der Waals surface area contributed by atoms with Gasteiger partial charge in [-0.3, -0.25) is 4.72 Å². The number of nitrogens with two attached hydrogens (primary N) is 1. The molecule has 2 aromatic carbocycles. The summed E-state index contributed by atoms with van der Waals surface area (Å²) in [5.74, 6) is -2.16. The molecule has 0 aliphatic carbocycles. The molecule has 3 aromatic heterocycles. The summed E-state index contributed by atoms with van der Waals surface area (Å²) in [4.78, 5) is 23.6. The third-order valence-electron chi connectivity index (χ3n) is 7.10. The number of aryl methyl sites for hydroxylation is 1. The maximum atomic E-state index is 15.8. The zero-order valence-corrected chi connectivity index (χ0v) is 24.2. The Morgan fingerprint density at radius 1 is 1.02 bits per heavy atom. The van der Waals surface area contributed by atoms with E-state index in [1.165, 1.54) is 18.2 Å². The number of sulfonamides is 1. The Morgan fingerprint density at radius 2 is 1.84 bits per heavy atom. The first-order valence-electron chi connectivity index (χ1n) is 13.4. The van der Waals surface area contributed by atoms with Crippen LogP contribution in [0.2, 0.25) is 0 Å². The molecule has 0 bridgehead atoms. The highest BCUT2D eigenvalue weighted by Crippen LogP contribution is 2.34. The molecule has 15 heteroatoms. The minimum atomic E-state index is -4.67. The quantitative estimate of drug-likeness (QED) is 0.278. The van der Waals surface area contributed by atoms with Crippen LogP contribution in [0.5, 0.6) is 0 Å². The Labute approximate surface area is 250 Å². The van der Waals surface area contributed by atoms with E-state index in [-0.39, 0.29) is 23.2 Å². The Morgan fingerprint density at radius 3 is 2.61 bits per heavy atom. The predicted octanol–water partition coefficient (Wildman–Crippen LogP) is 4.48. The van der Waals surface area contributed by atoms with E-state index >= 15 is 4.39 Å². The number of nitrogens with zero attached hydrogens (tertiary/aromatic N) is 6. The highest BCUT2D eigenvalue weighted by atomic mass is 32.2. The first kappa shape index (κ1) is 29.2. The summed E-state index contributed by atoms with van der Waals surface area (Å²) in [7, 11) is -4.67. The number of halogens is 3. The number of morpholine rings is 1. The van der Waals surface area contributed by atoms with Crippen molar-refractivity contribution >= 4 is 38.5 Å². The van der Waals surface area contributed by atoms with Crippen molar-refractivity contribution in [3.05, 3.63) is 77.9 Å². The molecule has 0 saturated carbocycles. The Balaban J connectivity index is 1.46. The average molecular weight is 623 g/mol. The van der Waals surface area contributed by atoms with Crippen molar-refractivity contribution in [2.75, 3.05) is 35.1 Å². The van der Waals surface area contributed by atoms with E-state index in [2.05, 4.69) is 15.0 Å². The number of hydrogen-bond acceptors (Lipinski definition) is 10. The molecule has 226 valence electrons. The van der Waals surface area contributed by atoms with Crippen molar-refractivity contribution in [1.29, 1.82) is 0 Å². The number of rotatable bonds is 6. The summed E-state index contributed by atoms with van der Waals surface area (Å²) in [6, 6.07) is 9.12. The summed E-state index contributed by atoms with van der Waals surface area (Å²) in [5.41, 5.74) is 7.39. The SMILES string of the molecule is Cc1nc(N)ncc1-c1nc(N2CCOC[C@@H]2C)c2nc(-c3cccc(NS(=O)(=O)c4cc(F)ccc4F)c3F)ccc2n1. The summed E-state index contributed by atoms with van der Waals surface area (Å²) in [5, 5.41) is 0. The fraction of sp³-hybridized carbons (Fsp3) is 0.207. The predicted molar refractivity (Wildman–Crippen MR) is 158 cm³/mol. The molecule has 3 N–H and O–H groups in total. The normalized spacial score (nSPS) is 15.5. The molecule has 0 amide bonds. The lowest BCUT2D eigenvalue weighted by Gasteiger charge is -2.34. The van der Waals surface area contributed by atoms with Crippen LogP contribution in [0.4, 0.5) is 30.6 Å². The first-order chi connectivity index (χ1) is 21.0. The van der Waals surface area contributed by atoms with Gasteiger partial charge in [0.2, 0.25) is 5.95 Å². The molecule has 44 heavy (non-hydrogen) atoms. The Hall–Kier alpha value is -4.89. The molecule has 1 aliphatic rings. The number of hydrogen-bond donors (Lipinski definition) is 2. The topological polar surface area (TPSA) is 149 Å². The van der Waals surface area contributed by atoms with Crippen LogP contribution in [0.3, 0.4) is 0 Å². The second-order valence-electron chi connectivity index (χ2n) is 10.1. The van der Waals surface area contributed by atoms with E-state index in [1.807, 2.05) is 16.5 Å². The number of pyridine rings is 1. The van der Waals surface area contributed by atoms with Crippen molar-refractivity contribution in [2.24, 2.45) is 0 Å². The summed E-state index contributed by atoms with van der Waals surface area (Å²) >= 11 is 0. The van der Waals surface area contributed by atoms with Gasteiger partial charge in [-0.15, -0.1) is 0 Å². The van der Waals surface area contributed by atoms with Crippen molar-refractivity contribution in [3.8, 4) is 22.6 Å². The molecular weight excluding hydrogens is 597 g/mol. The fourth-order valence-corrected chi connectivity index (χ4v) is 6.06. The van der Waals surface area contributed by atoms with Gasteiger partial charge >= 0.3 is 0 Å². The third-order valence-corrected chi connectivity index (χ3v) is 8.48. The molecule has 0 spiro atoms. The van der Waals surface area contributed by atoms with Crippen molar-refractivity contribution in [1.82, 2.24) is 24.9 Å². The number of aromatic nitrogens is 5. The fourth-order valence-electron chi connectivity index (χ4n) is 4.91. The van der Waals surface area contributed by atoms with E-state index in [9.17, 15) is 17.2 Å². The molecule has 1 saturated heterocycles. The van der Waals surface area contributed by atoms with Gasteiger partial charge in [0, 0.05) is 18.3 Å². The van der Waals surface area contributed by atoms with Gasteiger partial charge in [-0.2, -0.15) is 0 Å². The summed E-state index contributed by atoms with van der Waals surface area (Å²) in [6.07, 6.45) is 1.55. The van der Waals surface area contributed by atoms with Crippen molar-refractivity contribution < 1.29 is 26.3 Å². The average Bonchev–Trinajstić information content (AvgIpc) is 2.99. The third kappa shape index (κ3) is 5.46. The van der Waals surface area contributed by atoms with Crippen LogP contribution >= 0.6 is 0 Å². The van der Waals surface area contributed by atoms with Gasteiger partial charge in [0.1, 0.15) is 22.0 Å². The zero-order valence-electron chi connectivity index (χ0n) is 23.4. The lowest BCUT2D eigenvalue weighted by molar-refractivity contribution is 0.0987. The number of fused-ring (bicyclic) bond motifs is 1. The molecule has 5 aromatic rings. The van der Waals surface area contributed by atoms with Gasteiger partial charge in [0.25, 0.3) is 10.0 Å². The maximum Gasteiger partial charge on any atom is 0.265 e. The largest absolute Gasteiger partial charge is 0.377 e. The number of ether oxygens (including phenoxy) is 1. The Bertz CT molecular complexity index is 2030. The lowest BCUT2D eigenvalue weighted by atomic mass is 10.1. The van der Waals surface area contributed by atoms with Gasteiger partial charge in [-0.1, -0.05) is 6.07 Å². The highest BCUT2D eigenvalue weighted by molar-refractivity contribution is 7.92. The Kier molecular flexibility index (Phi) is 7.51. The van der Waals surface area contributed by atoms with E-state index in [0.717, 1.165) is 6.07 Å². The first-order valence-corrected chi connectivity index (χ1v) is 14.9. The smallest absolute Gasteiger partial charge is 0.265 e. The summed E-state index contributed by atoms with van der Waals surface area (Å²) in [6.45, 7) is 5.17. The van der Waals surface area contributed by atoms with Crippen LogP contribution in [0.1, 0.15) is 12.6 Å². The van der Waals surface area contributed by atoms with Gasteiger partial charge in [0.15, 0.2) is 17.5 Å². The van der Waals surface area contributed by atoms with Crippen molar-refractivity contribution in [3.63, 3.8) is 0 Å². The van der Waals surface area contributed by atoms with Crippen LogP contribution in [0.15, 0.2) is 59.6 Å². The molecule has 1 fully saturated rings. The lowest BCUT2D eigenvalue weighted by Crippen LogP contribution is -2.44. The second kappa shape index (κ2) is 11.3. The number of anilines is 3. The van der Waals surface area contributed by atoms with Crippen molar-refractivity contribution in [2.45, 2.75) is 24.8 Å². The van der Waals surface area contributed by atoms with E-state index in [4.69, 9.17) is 20.4 Å². The highest BCUT2D eigenvalue weighted by Gasteiger charge is 2.26. The maximum absolute atomic E-state index is 15.8. The van der Waals surface area contributed by atoms with E-state index < -0.39 is 38.1 Å². The zero-order chi connectivity index (χ0) is 31.2. The molecule has 1 aliphatic heterocycles. The monoisotopic (exact) mass is 622 g/mol. The number of nitrogens with one attached hydrogen (secondary N) is 1. The second-order valence-corrected chi connectivity index (χ2v) is 11.8. The van der Waals surface area contributed by atoms with Crippen LogP contribution in [-0.2, 0) is 14.8 Å². The van der Waals surface area contributed by atoms with E-state index in [0.29, 0.717) is 65.8 Å². The minimum absolute atomic E-state index is 0.0420. The molecule has 0 unspecified atom stereocenters. The number of nitrogen functional groups attached to an aromatic ring is 1. The molecule has 11 nitrogen and oxygen atoms in total. The van der Waals surface area contributed by atoms with Crippen LogP contribution < -0.4 is 15.4 Å². The van der Waals surface area contributed by atoms with Crippen LogP contribution in [0.25, 0.3) is 33.7 Å². The van der Waals surface area contributed by atoms with Gasteiger partial charge < -0.3 is 15.4 Å². The van der Waals surface area contributed by atoms with E-state index in [1.54, 1.807) is 25.3 Å². The molecule has 6 rings (SSSR count). The van der Waals surface area contributed by atoms with Crippen LogP contribution in [-0.4, -0.2) is 59.1 Å². The standard InChI is InChI=1S/C29H25F3N8O3S/c1-15-14-43-11-10-40(15)28-26-23(37-27(38-28)19-13-34-29(33)35-16(19)2)9-8-21(36-26)18-4-3-5-22(25(18)32)39-44(41,42)24-12-17(30)6-7-20(24)31/h3-9,12-13,15,39H,10-11,14H2,1-2H3,(H2,33,34,35)/t15-/m0/s1. The van der Waals surface area contributed by atoms with Gasteiger partial charge in [-0.25, -0.2) is 46.5 Å². The summed E-state index contributed by atoms with van der Waals surface area (Å²) < 4.78 is 77.1. The van der Waals surface area contributed by atoms with Gasteiger partial charge in [-0.05, 0) is 56.3 Å². The molecular formula is C29H25F3N8O3S. The van der Waals surface area contributed by atoms with Crippen LogP contribution in [0, 0.1) is 24.4 Å². The molecule has 4 heterocycles. The minimum Gasteiger partial charge on any atom is -0.377 e. The molecule has 0 radical (unpaired) electrons. The number of benzene rings is 2.